The number of aliphatic imine (C=N–C) groups is 1. The van der Waals surface area contributed by atoms with Gasteiger partial charge in [-0.2, -0.15) is 5.26 Å². The fourth-order valence-corrected chi connectivity index (χ4v) is 7.48. The van der Waals surface area contributed by atoms with Crippen LogP contribution in [0.15, 0.2) is 23.2 Å². The fraction of sp³-hybridized carbons (Fsp3) is 0.636. The summed E-state index contributed by atoms with van der Waals surface area (Å²) in [7, 11) is -0.836. The van der Waals surface area contributed by atoms with E-state index in [1.54, 1.807) is 0 Å². The van der Waals surface area contributed by atoms with Gasteiger partial charge < -0.3 is 4.74 Å². The molecule has 0 aliphatic heterocycles. The lowest BCUT2D eigenvalue weighted by Crippen LogP contribution is -2.58. The molecule has 4 fully saturated rings. The first-order chi connectivity index (χ1) is 14.1. The largest absolute Gasteiger partial charge is 0.478 e. The molecule has 8 heteroatoms. The molecule has 162 valence electrons. The lowest BCUT2D eigenvalue weighted by Gasteiger charge is -2.58. The first-order valence-electron chi connectivity index (χ1n) is 10.3. The van der Waals surface area contributed by atoms with Crippen LogP contribution >= 0.6 is 11.6 Å². The number of amidine groups is 1. The highest BCUT2D eigenvalue weighted by Crippen LogP contribution is 2.58. The van der Waals surface area contributed by atoms with Crippen LogP contribution in [-0.4, -0.2) is 32.7 Å². The Morgan fingerprint density at radius 2 is 2.03 bits per heavy atom. The molecule has 0 aromatic heterocycles. The summed E-state index contributed by atoms with van der Waals surface area (Å²) in [4.78, 5) is 5.01. The zero-order valence-corrected chi connectivity index (χ0v) is 19.0. The van der Waals surface area contributed by atoms with Gasteiger partial charge in [0.15, 0.2) is 17.6 Å². The molecule has 0 radical (unpaired) electrons. The lowest BCUT2D eigenvalue weighted by atomic mass is 9.54. The third kappa shape index (κ3) is 3.85. The summed E-state index contributed by atoms with van der Waals surface area (Å²) < 4.78 is 31.9. The van der Waals surface area contributed by atoms with E-state index in [9.17, 15) is 13.9 Å². The Hall–Kier alpha value is -1.65. The van der Waals surface area contributed by atoms with Gasteiger partial charge in [0, 0.05) is 21.8 Å². The van der Waals surface area contributed by atoms with Gasteiger partial charge in [-0.25, -0.2) is 4.39 Å². The Morgan fingerprint density at radius 1 is 1.37 bits per heavy atom. The van der Waals surface area contributed by atoms with E-state index < -0.39 is 22.2 Å². The van der Waals surface area contributed by atoms with E-state index in [0.717, 1.165) is 32.1 Å². The Labute approximate surface area is 184 Å². The zero-order valence-electron chi connectivity index (χ0n) is 17.5. The molecule has 1 N–H and O–H groups in total. The van der Waals surface area contributed by atoms with Gasteiger partial charge in [0.25, 0.3) is 0 Å². The smallest absolute Gasteiger partial charge is 0.182 e. The molecule has 5 rings (SSSR count). The van der Waals surface area contributed by atoms with Crippen LogP contribution < -0.4 is 10.1 Å². The molecule has 1 aromatic carbocycles. The Bertz CT molecular complexity index is 929. The van der Waals surface area contributed by atoms with Gasteiger partial charge in [-0.05, 0) is 81.9 Å². The van der Waals surface area contributed by atoms with Crippen molar-refractivity contribution in [3.63, 3.8) is 0 Å². The Morgan fingerprint density at radius 3 is 2.60 bits per heavy atom. The van der Waals surface area contributed by atoms with Crippen molar-refractivity contribution in [1.29, 1.82) is 5.26 Å². The maximum Gasteiger partial charge on any atom is 0.182 e. The summed E-state index contributed by atoms with van der Waals surface area (Å²) in [6, 6.07) is 4.05. The van der Waals surface area contributed by atoms with E-state index in [-0.39, 0.29) is 15.8 Å². The zero-order chi connectivity index (χ0) is 21.7. The molecule has 3 atom stereocenters. The van der Waals surface area contributed by atoms with Crippen LogP contribution in [0.3, 0.4) is 0 Å². The van der Waals surface area contributed by atoms with Gasteiger partial charge in [-0.15, -0.1) is 0 Å². The molecule has 30 heavy (non-hydrogen) atoms. The van der Waals surface area contributed by atoms with Crippen molar-refractivity contribution in [3.8, 4) is 11.9 Å². The predicted octanol–water partition coefficient (Wildman–Crippen LogP) is 4.43. The second-order valence-electron chi connectivity index (χ2n) is 9.50. The standard InChI is InChI=1S/C22H27ClFN3O2S/c1-21(2,29-18-5-4-16(24)8-17(18)23)20(26-12-25)27-19-14-6-13-7-15(19)11-22(9-13,10-14)30(3)28/h4-5,8,13-15,19H,6-7,9-11H2,1-3H3,(H,26,27). The molecule has 4 aliphatic rings. The van der Waals surface area contributed by atoms with Gasteiger partial charge in [-0.3, -0.25) is 14.5 Å². The maximum absolute atomic E-state index is 13.4. The van der Waals surface area contributed by atoms with Crippen LogP contribution in [0.1, 0.15) is 46.0 Å². The van der Waals surface area contributed by atoms with Crippen molar-refractivity contribution < 1.29 is 13.3 Å². The summed E-state index contributed by atoms with van der Waals surface area (Å²) in [5.41, 5.74) is -0.961. The normalized spacial score (nSPS) is 33.8. The molecular formula is C22H27ClFN3O2S. The van der Waals surface area contributed by atoms with Crippen molar-refractivity contribution in [2.75, 3.05) is 6.26 Å². The van der Waals surface area contributed by atoms with Crippen LogP contribution in [0.5, 0.6) is 5.75 Å². The van der Waals surface area contributed by atoms with Crippen molar-refractivity contribution in [1.82, 2.24) is 5.32 Å². The van der Waals surface area contributed by atoms with Gasteiger partial charge >= 0.3 is 0 Å². The van der Waals surface area contributed by atoms with Crippen LogP contribution in [0, 0.1) is 35.0 Å². The highest BCUT2D eigenvalue weighted by molar-refractivity contribution is 7.85. The molecule has 4 bridgehead atoms. The minimum Gasteiger partial charge on any atom is -0.478 e. The first-order valence-corrected chi connectivity index (χ1v) is 12.3. The number of ether oxygens (including phenoxy) is 1. The minimum absolute atomic E-state index is 0.0566. The fourth-order valence-electron chi connectivity index (χ4n) is 5.91. The van der Waals surface area contributed by atoms with Crippen molar-refractivity contribution in [2.24, 2.45) is 22.7 Å². The highest BCUT2D eigenvalue weighted by atomic mass is 35.5. The average Bonchev–Trinajstić information content (AvgIpc) is 2.65. The van der Waals surface area contributed by atoms with E-state index in [1.807, 2.05) is 26.3 Å². The Kier molecular flexibility index (Phi) is 5.61. The molecule has 3 unspecified atom stereocenters. The van der Waals surface area contributed by atoms with Crippen LogP contribution in [0.2, 0.25) is 5.02 Å². The van der Waals surface area contributed by atoms with Crippen LogP contribution in [-0.2, 0) is 10.8 Å². The number of nitrogens with zero attached hydrogens (tertiary/aromatic N) is 2. The predicted molar refractivity (Wildman–Crippen MR) is 116 cm³/mol. The third-order valence-corrected chi connectivity index (χ3v) is 9.07. The summed E-state index contributed by atoms with van der Waals surface area (Å²) in [6.07, 6.45) is 8.97. The minimum atomic E-state index is -0.961. The van der Waals surface area contributed by atoms with E-state index >= 15 is 0 Å². The van der Waals surface area contributed by atoms with Crippen molar-refractivity contribution >= 4 is 28.2 Å². The molecule has 4 aliphatic carbocycles. The Balaban J connectivity index is 1.61. The summed E-state index contributed by atoms with van der Waals surface area (Å²) >= 11 is 6.13. The van der Waals surface area contributed by atoms with E-state index in [0.29, 0.717) is 29.3 Å². The molecule has 0 saturated heterocycles. The van der Waals surface area contributed by atoms with Gasteiger partial charge in [0.1, 0.15) is 11.6 Å². The van der Waals surface area contributed by atoms with Gasteiger partial charge in [-0.1, -0.05) is 11.6 Å². The quantitative estimate of drug-likeness (QED) is 0.311. The molecule has 5 nitrogen and oxygen atoms in total. The van der Waals surface area contributed by atoms with Gasteiger partial charge in [0.05, 0.1) is 11.1 Å². The molecule has 0 spiro atoms. The molecule has 0 amide bonds. The van der Waals surface area contributed by atoms with E-state index in [2.05, 4.69) is 5.32 Å². The van der Waals surface area contributed by atoms with Gasteiger partial charge in [0.2, 0.25) is 0 Å². The highest BCUT2D eigenvalue weighted by Gasteiger charge is 2.57. The van der Waals surface area contributed by atoms with E-state index in [1.165, 1.54) is 18.2 Å². The van der Waals surface area contributed by atoms with Crippen molar-refractivity contribution in [2.45, 2.75) is 62.3 Å². The van der Waals surface area contributed by atoms with Crippen LogP contribution in [0.4, 0.5) is 4.39 Å². The average molecular weight is 452 g/mol. The second kappa shape index (κ2) is 7.80. The monoisotopic (exact) mass is 451 g/mol. The molecule has 1 aromatic rings. The molecule has 4 saturated carbocycles. The lowest BCUT2D eigenvalue weighted by molar-refractivity contribution is 0.0159. The number of benzene rings is 1. The molecular weight excluding hydrogens is 425 g/mol. The number of hydrogen-bond acceptors (Lipinski definition) is 4. The third-order valence-electron chi connectivity index (χ3n) is 7.06. The number of nitrogens with one attached hydrogen (secondary N) is 1. The number of halogens is 2. The first kappa shape index (κ1) is 21.6. The van der Waals surface area contributed by atoms with Crippen LogP contribution in [0.25, 0.3) is 0 Å². The summed E-state index contributed by atoms with van der Waals surface area (Å²) in [5.74, 6) is 1.72. The summed E-state index contributed by atoms with van der Waals surface area (Å²) in [5, 5.41) is 12.2. The second-order valence-corrected chi connectivity index (χ2v) is 11.7. The van der Waals surface area contributed by atoms with E-state index in [4.69, 9.17) is 21.3 Å². The maximum atomic E-state index is 13.4. The summed E-state index contributed by atoms with van der Waals surface area (Å²) in [6.45, 7) is 3.63. The number of hydrogen-bond donors (Lipinski definition) is 1. The molecule has 0 heterocycles. The number of nitriles is 1. The topological polar surface area (TPSA) is 74.5 Å². The van der Waals surface area contributed by atoms with Crippen molar-refractivity contribution in [3.05, 3.63) is 29.0 Å². The number of rotatable bonds is 5. The SMILES string of the molecule is CS(=O)C12CC3CC(C1)C(N=C(NC#N)C(C)(C)Oc1ccc(F)cc1Cl)C(C3)C2.